The zero-order valence-electron chi connectivity index (χ0n) is 12.9. The largest absolute Gasteiger partial charge is 0.376 e. The number of nitrogens with one attached hydrogen (secondary N) is 1. The van der Waals surface area contributed by atoms with Crippen molar-refractivity contribution in [3.63, 3.8) is 0 Å². The number of anilines is 1. The Kier molecular flexibility index (Phi) is 4.51. The number of nitro groups is 1. The molecule has 24 heavy (non-hydrogen) atoms. The van der Waals surface area contributed by atoms with Crippen LogP contribution in [0.1, 0.15) is 12.0 Å². The van der Waals surface area contributed by atoms with Gasteiger partial charge in [0, 0.05) is 12.7 Å². The first-order chi connectivity index (χ1) is 11.7. The fraction of sp³-hybridized carbons (Fsp3) is 0.176. The van der Waals surface area contributed by atoms with Crippen LogP contribution < -0.4 is 10.9 Å². The van der Waals surface area contributed by atoms with Crippen LogP contribution in [-0.2, 0) is 6.42 Å². The second-order valence-corrected chi connectivity index (χ2v) is 5.32. The highest BCUT2D eigenvalue weighted by Gasteiger charge is 2.22. The molecule has 0 fully saturated rings. The number of aromatic nitrogens is 2. The summed E-state index contributed by atoms with van der Waals surface area (Å²) in [5.41, 5.74) is 0.355. The molecular formula is C17H16N4O3. The SMILES string of the molecule is O=c1c([N+](=O)[O-])c(NCCCc2ccccc2)nc2ccccn12. The van der Waals surface area contributed by atoms with E-state index in [1.807, 2.05) is 30.3 Å². The first-order valence-electron chi connectivity index (χ1n) is 7.60. The van der Waals surface area contributed by atoms with E-state index in [4.69, 9.17) is 0 Å². The molecule has 0 spiro atoms. The molecule has 0 unspecified atom stereocenters. The Bertz CT molecular complexity index is 922. The van der Waals surface area contributed by atoms with Gasteiger partial charge in [-0.25, -0.2) is 4.98 Å². The summed E-state index contributed by atoms with van der Waals surface area (Å²) in [7, 11) is 0. The summed E-state index contributed by atoms with van der Waals surface area (Å²) < 4.78 is 1.17. The molecule has 2 aromatic heterocycles. The van der Waals surface area contributed by atoms with E-state index in [0.717, 1.165) is 12.8 Å². The average Bonchev–Trinajstić information content (AvgIpc) is 2.59. The van der Waals surface area contributed by atoms with E-state index in [1.165, 1.54) is 16.2 Å². The van der Waals surface area contributed by atoms with Gasteiger partial charge < -0.3 is 5.32 Å². The summed E-state index contributed by atoms with van der Waals surface area (Å²) in [6.07, 6.45) is 3.09. The van der Waals surface area contributed by atoms with Gasteiger partial charge in [-0.1, -0.05) is 36.4 Å². The Hall–Kier alpha value is -3.22. The number of aryl methyl sites for hydroxylation is 1. The number of nitrogens with zero attached hydrogens (tertiary/aromatic N) is 3. The van der Waals surface area contributed by atoms with Crippen LogP contribution in [0.4, 0.5) is 11.5 Å². The monoisotopic (exact) mass is 324 g/mol. The predicted octanol–water partition coefficient (Wildman–Crippen LogP) is 2.65. The molecule has 0 bridgehead atoms. The van der Waals surface area contributed by atoms with Crippen molar-refractivity contribution in [2.24, 2.45) is 0 Å². The zero-order valence-corrected chi connectivity index (χ0v) is 12.9. The van der Waals surface area contributed by atoms with Crippen molar-refractivity contribution >= 4 is 17.2 Å². The highest BCUT2D eigenvalue weighted by molar-refractivity contribution is 5.59. The molecule has 1 aromatic carbocycles. The molecule has 2 heterocycles. The van der Waals surface area contributed by atoms with Crippen LogP contribution in [-0.4, -0.2) is 20.9 Å². The highest BCUT2D eigenvalue weighted by Crippen LogP contribution is 2.18. The third kappa shape index (κ3) is 3.24. The Morgan fingerprint density at radius 2 is 1.88 bits per heavy atom. The molecule has 0 saturated carbocycles. The summed E-state index contributed by atoms with van der Waals surface area (Å²) in [5, 5.41) is 14.2. The lowest BCUT2D eigenvalue weighted by molar-refractivity contribution is -0.385. The van der Waals surface area contributed by atoms with Gasteiger partial charge in [0.2, 0.25) is 5.82 Å². The minimum absolute atomic E-state index is 0.0178. The van der Waals surface area contributed by atoms with Gasteiger partial charge in [0.1, 0.15) is 5.65 Å². The fourth-order valence-corrected chi connectivity index (χ4v) is 2.51. The lowest BCUT2D eigenvalue weighted by Gasteiger charge is -2.08. The van der Waals surface area contributed by atoms with Crippen LogP contribution in [0.3, 0.4) is 0 Å². The predicted molar refractivity (Wildman–Crippen MR) is 91.4 cm³/mol. The summed E-state index contributed by atoms with van der Waals surface area (Å²) in [6.45, 7) is 0.491. The third-order valence-electron chi connectivity index (χ3n) is 3.67. The average molecular weight is 324 g/mol. The Labute approximate surface area is 137 Å². The van der Waals surface area contributed by atoms with Crippen LogP contribution in [0.15, 0.2) is 59.5 Å². The molecule has 0 aliphatic heterocycles. The van der Waals surface area contributed by atoms with Crippen molar-refractivity contribution < 1.29 is 4.92 Å². The Morgan fingerprint density at radius 3 is 2.62 bits per heavy atom. The maximum absolute atomic E-state index is 12.3. The van der Waals surface area contributed by atoms with Crippen molar-refractivity contribution in [2.45, 2.75) is 12.8 Å². The molecule has 3 aromatic rings. The molecule has 0 radical (unpaired) electrons. The highest BCUT2D eigenvalue weighted by atomic mass is 16.6. The second kappa shape index (κ2) is 6.91. The van der Waals surface area contributed by atoms with Gasteiger partial charge in [-0.2, -0.15) is 0 Å². The first-order valence-corrected chi connectivity index (χ1v) is 7.60. The Morgan fingerprint density at radius 1 is 1.12 bits per heavy atom. The van der Waals surface area contributed by atoms with Crippen LogP contribution in [0.5, 0.6) is 0 Å². The minimum atomic E-state index is -0.686. The zero-order chi connectivity index (χ0) is 16.9. The van der Waals surface area contributed by atoms with Gasteiger partial charge in [0.15, 0.2) is 0 Å². The molecule has 7 heteroatoms. The molecule has 1 N–H and O–H groups in total. The number of pyridine rings is 1. The number of rotatable bonds is 6. The molecular weight excluding hydrogens is 308 g/mol. The number of benzene rings is 1. The van der Waals surface area contributed by atoms with E-state index in [9.17, 15) is 14.9 Å². The summed E-state index contributed by atoms with van der Waals surface area (Å²) >= 11 is 0. The smallest absolute Gasteiger partial charge is 0.364 e. The van der Waals surface area contributed by atoms with Crippen LogP contribution in [0, 0.1) is 10.1 Å². The molecule has 0 atom stereocenters. The van der Waals surface area contributed by atoms with Gasteiger partial charge in [0.05, 0.1) is 4.92 Å². The molecule has 0 aliphatic rings. The number of hydrogen-bond acceptors (Lipinski definition) is 5. The van der Waals surface area contributed by atoms with Crippen LogP contribution >= 0.6 is 0 Å². The van der Waals surface area contributed by atoms with E-state index in [-0.39, 0.29) is 5.82 Å². The topological polar surface area (TPSA) is 89.5 Å². The number of hydrogen-bond donors (Lipinski definition) is 1. The van der Waals surface area contributed by atoms with E-state index < -0.39 is 16.2 Å². The van der Waals surface area contributed by atoms with Gasteiger partial charge >= 0.3 is 11.2 Å². The van der Waals surface area contributed by atoms with E-state index >= 15 is 0 Å². The fourth-order valence-electron chi connectivity index (χ4n) is 2.51. The molecule has 0 aliphatic carbocycles. The minimum Gasteiger partial charge on any atom is -0.364 e. The molecule has 7 nitrogen and oxygen atoms in total. The third-order valence-corrected chi connectivity index (χ3v) is 3.67. The second-order valence-electron chi connectivity index (χ2n) is 5.32. The first kappa shape index (κ1) is 15.7. The molecule has 3 rings (SSSR count). The van der Waals surface area contributed by atoms with Crippen molar-refractivity contribution in [2.75, 3.05) is 11.9 Å². The van der Waals surface area contributed by atoms with Gasteiger partial charge in [-0.3, -0.25) is 19.3 Å². The number of fused-ring (bicyclic) bond motifs is 1. The van der Waals surface area contributed by atoms with Gasteiger partial charge in [0.25, 0.3) is 0 Å². The van der Waals surface area contributed by atoms with E-state index in [0.29, 0.717) is 12.2 Å². The van der Waals surface area contributed by atoms with Crippen molar-refractivity contribution in [3.8, 4) is 0 Å². The summed E-state index contributed by atoms with van der Waals surface area (Å²) in [5.74, 6) is 0.0178. The lowest BCUT2D eigenvalue weighted by atomic mass is 10.1. The quantitative estimate of drug-likeness (QED) is 0.428. The van der Waals surface area contributed by atoms with Crippen LogP contribution in [0.2, 0.25) is 0 Å². The van der Waals surface area contributed by atoms with Gasteiger partial charge in [-0.15, -0.1) is 0 Å². The molecule has 0 saturated heterocycles. The summed E-state index contributed by atoms with van der Waals surface area (Å²) in [4.78, 5) is 27.1. The maximum atomic E-state index is 12.3. The maximum Gasteiger partial charge on any atom is 0.376 e. The van der Waals surface area contributed by atoms with Gasteiger partial charge in [-0.05, 0) is 30.5 Å². The van der Waals surface area contributed by atoms with Crippen LogP contribution in [0.25, 0.3) is 5.65 Å². The van der Waals surface area contributed by atoms with Crippen molar-refractivity contribution in [1.82, 2.24) is 9.38 Å². The lowest BCUT2D eigenvalue weighted by Crippen LogP contribution is -2.21. The van der Waals surface area contributed by atoms with Crippen molar-refractivity contribution in [1.29, 1.82) is 0 Å². The summed E-state index contributed by atoms with van der Waals surface area (Å²) in [6, 6.07) is 15.0. The van der Waals surface area contributed by atoms with Crippen molar-refractivity contribution in [3.05, 3.63) is 80.8 Å². The normalized spacial score (nSPS) is 10.7. The molecule has 0 amide bonds. The standard InChI is InChI=1S/C17H16N4O3/c22-17-15(21(23)24)16(19-14-10-4-5-12-20(14)17)18-11-6-9-13-7-2-1-3-8-13/h1-5,7-8,10,12,18H,6,9,11H2. The van der Waals surface area contributed by atoms with E-state index in [2.05, 4.69) is 10.3 Å². The van der Waals surface area contributed by atoms with E-state index in [1.54, 1.807) is 18.2 Å². The molecule has 122 valence electrons. The Balaban J connectivity index is 1.79.